The maximum Gasteiger partial charge on any atom is 0.146 e. The summed E-state index contributed by atoms with van der Waals surface area (Å²) >= 11 is 16.0. The Labute approximate surface area is 718 Å². The highest BCUT2D eigenvalue weighted by Crippen LogP contribution is 2.42. The van der Waals surface area contributed by atoms with Crippen LogP contribution in [0.1, 0.15) is 6.42 Å². The van der Waals surface area contributed by atoms with Gasteiger partial charge < -0.3 is 63.1 Å². The molecule has 18 aromatic rings. The highest BCUT2D eigenvalue weighted by Gasteiger charge is 2.17. The van der Waals surface area contributed by atoms with Gasteiger partial charge in [-0.3, -0.25) is 4.39 Å². The lowest BCUT2D eigenvalue weighted by molar-refractivity contribution is 0.415. The van der Waals surface area contributed by atoms with E-state index in [0.29, 0.717) is 30.2 Å². The molecule has 0 radical (unpaired) electrons. The fraction of sp³-hybridized carbons (Fsp3) is 0.0824. The lowest BCUT2D eigenvalue weighted by Gasteiger charge is -2.05. The van der Waals surface area contributed by atoms with Crippen molar-refractivity contribution in [2.45, 2.75) is 6.42 Å². The summed E-state index contributed by atoms with van der Waals surface area (Å²) in [6.07, 6.45) is 0.517. The van der Waals surface area contributed by atoms with E-state index in [4.69, 9.17) is 26.7 Å². The fourth-order valence-electron chi connectivity index (χ4n) is 11.1. The van der Waals surface area contributed by atoms with Gasteiger partial charge in [-0.25, -0.2) is 34.3 Å². The van der Waals surface area contributed by atoms with Gasteiger partial charge in [-0.15, -0.1) is 68.0 Å². The number of aromatic hydroxyl groups is 4. The Morgan fingerprint density at radius 3 is 1.17 bits per heavy atom. The number of nitrogens with two attached hydrogens (primary N) is 3. The van der Waals surface area contributed by atoms with E-state index in [-0.39, 0.29) is 24.0 Å². The summed E-state index contributed by atoms with van der Waals surface area (Å²) < 4.78 is 45.0. The lowest BCUT2D eigenvalue weighted by atomic mass is 10.2. The zero-order valence-electron chi connectivity index (χ0n) is 60.9. The van der Waals surface area contributed by atoms with E-state index < -0.39 is 0 Å². The molecule has 114 heavy (non-hydrogen) atoms. The first-order chi connectivity index (χ1) is 55.2. The number of nitrogens with one attached hydrogen (secondary N) is 3. The minimum absolute atomic E-state index is 0.208. The smallest absolute Gasteiger partial charge is 0.146 e. The summed E-state index contributed by atoms with van der Waals surface area (Å²) in [5.74, 6) is 2.48. The van der Waals surface area contributed by atoms with E-state index in [1.807, 2.05) is 171 Å². The van der Waals surface area contributed by atoms with Crippen molar-refractivity contribution in [1.29, 1.82) is 0 Å². The Balaban J connectivity index is 0.000000119. The third-order valence-electron chi connectivity index (χ3n) is 17.1. The van der Waals surface area contributed by atoms with Crippen LogP contribution >= 0.6 is 136 Å². The van der Waals surface area contributed by atoms with Crippen molar-refractivity contribution in [2.24, 2.45) is 0 Å². The van der Waals surface area contributed by atoms with Gasteiger partial charge in [0.2, 0.25) is 0 Å². The van der Waals surface area contributed by atoms with Gasteiger partial charge in [-0.1, -0.05) is 0 Å². The molecule has 12 aromatic carbocycles. The number of anilines is 6. The molecule has 0 saturated carbocycles. The van der Waals surface area contributed by atoms with Gasteiger partial charge in [0.25, 0.3) is 0 Å². The van der Waals surface area contributed by atoms with Crippen LogP contribution in [0.15, 0.2) is 231 Å². The number of hydrogen-bond donors (Lipinski definition) is 10. The number of phenolic OH excluding ortho intramolecular Hbond substituents is 4. The van der Waals surface area contributed by atoms with Gasteiger partial charge >= 0.3 is 0 Å². The number of nitrogen functional groups attached to an aromatic ring is 3. The van der Waals surface area contributed by atoms with Crippen molar-refractivity contribution in [2.75, 3.05) is 74.7 Å². The standard InChI is InChI=1S/C16H15FN2OS.C14H11FN2OS.2C14H11IN2OS.C14H12N2OS.C13H9IN2OS/c17-8-1-9-18-12-4-2-11(3-5-12)16-19-14-7-6-13(20)10-15(14)21-16;1-16-11-4-2-8(6-10(11)15)14-17-12-5-3-9(18)7-13(12)19-14;1-16-9-4-2-8(3-5-9)14-17-10-6-7-11(18)12(15)13(10)19-14;1-18-9-4-2-8(3-5-9)14-17-11-7-6-10(16)12(15)13(11)19-14;1-17-11-5-2-9(3-6-11)14-16-12-7-4-10(15)8-13(12)18-14;14-11-10(17)6-5-9-12(11)18-13(16-9)7-1-3-8(15)4-2-7/h2-7,10,18,20H,1,8-9H2;2*2-7,16,18H,1H3;2-7H,16H2,1H3;2-8H,15H2,1H3;1-6,17H,15H2. The summed E-state index contributed by atoms with van der Waals surface area (Å²) in [7, 11) is 6.91. The molecule has 13 N–H and O–H groups in total. The second-order valence-corrected chi connectivity index (χ2v) is 34.2. The van der Waals surface area contributed by atoms with Crippen molar-refractivity contribution in [3.8, 4) is 97.9 Å². The van der Waals surface area contributed by atoms with Gasteiger partial charge in [-0.2, -0.15) is 0 Å². The number of nitrogens with zero attached hydrogens (tertiary/aromatic N) is 6. The predicted molar refractivity (Wildman–Crippen MR) is 500 cm³/mol. The van der Waals surface area contributed by atoms with Crippen LogP contribution in [0.3, 0.4) is 0 Å². The number of phenols is 4. The minimum Gasteiger partial charge on any atom is -0.508 e. The maximum atomic E-state index is 13.7. The van der Waals surface area contributed by atoms with Gasteiger partial charge in [0.1, 0.15) is 70.4 Å². The number of ether oxygens (including phenoxy) is 2. The largest absolute Gasteiger partial charge is 0.508 e. The molecule has 0 amide bonds. The Kier molecular flexibility index (Phi) is 27.0. The Morgan fingerprint density at radius 1 is 0.377 bits per heavy atom. The summed E-state index contributed by atoms with van der Waals surface area (Å²) in [5.41, 5.74) is 33.8. The SMILES string of the molecule is CNc1ccc(-c2nc3ccc(O)c(I)c3s2)cc1.CNc1ccc(-c2nc3ccc(O)cc3s2)cc1F.COc1ccc(-c2nc3ccc(N)c(I)c3s2)cc1.COc1ccc(-c2nc3ccc(N)cc3s2)cc1.Nc1ccc(-c2nc3ccc(O)c(I)c3s2)cc1.Oc1ccc2nc(-c3ccc(NCCCF)cc3)sc2c1. The van der Waals surface area contributed by atoms with Gasteiger partial charge in [0.15, 0.2) is 0 Å². The first kappa shape index (κ1) is 81.6. The monoisotopic (exact) mass is 1960 g/mol. The average molecular weight is 1970 g/mol. The van der Waals surface area contributed by atoms with Gasteiger partial charge in [0.05, 0.1) is 98.6 Å². The third-order valence-corrected chi connectivity index (χ3v) is 28.2. The van der Waals surface area contributed by atoms with E-state index in [2.05, 4.69) is 126 Å². The van der Waals surface area contributed by atoms with Gasteiger partial charge in [-0.05, 0) is 305 Å². The molecule has 0 aliphatic carbocycles. The van der Waals surface area contributed by atoms with Crippen molar-refractivity contribution in [3.05, 3.63) is 247 Å². The van der Waals surface area contributed by atoms with Crippen LogP contribution < -0.4 is 42.6 Å². The number of benzene rings is 12. The number of fused-ring (bicyclic) bond motifs is 6. The molecular weight excluding hydrogens is 1900 g/mol. The number of methoxy groups -OCH3 is 2. The second kappa shape index (κ2) is 37.7. The lowest BCUT2D eigenvalue weighted by Crippen LogP contribution is -2.01. The molecule has 0 spiro atoms. The quantitative estimate of drug-likeness (QED) is 0.0275. The van der Waals surface area contributed by atoms with Crippen molar-refractivity contribution < 1.29 is 38.7 Å². The number of hydrogen-bond acceptors (Lipinski definition) is 24. The summed E-state index contributed by atoms with van der Waals surface area (Å²) in [6.45, 7) is 0.333. The fourth-order valence-corrected chi connectivity index (χ4v) is 19.5. The van der Waals surface area contributed by atoms with Crippen LogP contribution in [0.5, 0.6) is 34.5 Å². The zero-order valence-corrected chi connectivity index (χ0v) is 72.3. The number of alkyl halides is 1. The first-order valence-electron chi connectivity index (χ1n) is 34.8. The number of aromatic nitrogens is 6. The van der Waals surface area contributed by atoms with Crippen LogP contribution in [-0.2, 0) is 0 Å². The highest BCUT2D eigenvalue weighted by atomic mass is 127. The van der Waals surface area contributed by atoms with E-state index in [1.54, 1.807) is 126 Å². The Bertz CT molecular complexity index is 6240. The van der Waals surface area contributed by atoms with Crippen LogP contribution in [0.4, 0.5) is 42.9 Å². The maximum absolute atomic E-state index is 13.7. The second-order valence-electron chi connectivity index (χ2n) is 24.9. The van der Waals surface area contributed by atoms with Crippen LogP contribution in [0.25, 0.3) is 125 Å². The normalized spacial score (nSPS) is 10.9. The number of thiazole rings is 6. The molecule has 576 valence electrons. The number of rotatable bonds is 14. The van der Waals surface area contributed by atoms with E-state index in [9.17, 15) is 29.2 Å². The molecule has 18 rings (SSSR count). The van der Waals surface area contributed by atoms with Crippen LogP contribution in [0, 0.1) is 16.5 Å². The Hall–Kier alpha value is -10.4. The molecule has 0 atom stereocenters. The van der Waals surface area contributed by atoms with Crippen molar-refractivity contribution in [3.63, 3.8) is 0 Å². The molecular formula is C85H69F2I3N12O6S6. The molecule has 0 bridgehead atoms. The van der Waals surface area contributed by atoms with Crippen molar-refractivity contribution in [1.82, 2.24) is 29.9 Å². The molecule has 18 nitrogen and oxygen atoms in total. The van der Waals surface area contributed by atoms with Crippen molar-refractivity contribution >= 4 is 231 Å². The molecule has 6 aromatic heterocycles. The van der Waals surface area contributed by atoms with E-state index in [0.717, 1.165) is 175 Å². The van der Waals surface area contributed by atoms with E-state index >= 15 is 0 Å². The molecule has 0 aliphatic heterocycles. The minimum atomic E-state index is -0.304. The first-order valence-corrected chi connectivity index (χ1v) is 42.9. The Morgan fingerprint density at radius 2 is 0.737 bits per heavy atom. The van der Waals surface area contributed by atoms with Crippen LogP contribution in [-0.4, -0.2) is 91.9 Å². The summed E-state index contributed by atoms with van der Waals surface area (Å²) in [5, 5.41) is 53.0. The van der Waals surface area contributed by atoms with E-state index in [1.165, 1.54) is 17.4 Å². The predicted octanol–water partition coefficient (Wildman–Crippen LogP) is 24.2. The summed E-state index contributed by atoms with van der Waals surface area (Å²) in [6, 6.07) is 71.5. The third kappa shape index (κ3) is 19.9. The molecule has 0 aliphatic rings. The topological polar surface area (TPSA) is 291 Å². The molecule has 6 heterocycles. The average Bonchev–Trinajstić information content (AvgIpc) is 1.65. The molecule has 0 saturated heterocycles. The molecule has 0 unspecified atom stereocenters. The molecule has 29 heteroatoms. The zero-order chi connectivity index (χ0) is 80.1. The highest BCUT2D eigenvalue weighted by molar-refractivity contribution is 14.1. The number of halogens is 5. The van der Waals surface area contributed by atoms with Crippen LogP contribution in [0.2, 0.25) is 0 Å². The van der Waals surface area contributed by atoms with Gasteiger partial charge in [0, 0.05) is 82.5 Å². The summed E-state index contributed by atoms with van der Waals surface area (Å²) in [4.78, 5) is 27.5. The molecule has 0 fully saturated rings.